The van der Waals surface area contributed by atoms with E-state index in [1.165, 1.54) is 16.7 Å². The van der Waals surface area contributed by atoms with Crippen LogP contribution in [0, 0.1) is 6.92 Å². The molecule has 0 fully saturated rings. The predicted molar refractivity (Wildman–Crippen MR) is 141 cm³/mol. The molecule has 2 heteroatoms. The van der Waals surface area contributed by atoms with Crippen molar-refractivity contribution >= 4 is 28.4 Å². The number of benzene rings is 5. The molecule has 0 bridgehead atoms. The molecule has 160 valence electrons. The summed E-state index contributed by atoms with van der Waals surface area (Å²) in [7, 11) is 0. The van der Waals surface area contributed by atoms with Crippen LogP contribution in [0.15, 0.2) is 133 Å². The zero-order valence-corrected chi connectivity index (χ0v) is 18.6. The van der Waals surface area contributed by atoms with Crippen molar-refractivity contribution in [2.75, 3.05) is 10.2 Å². The Balaban J connectivity index is 1.78. The van der Waals surface area contributed by atoms with Gasteiger partial charge < -0.3 is 10.2 Å². The number of rotatable bonds is 6. The number of nitrogens with zero attached hydrogens (tertiary/aromatic N) is 1. The van der Waals surface area contributed by atoms with E-state index in [2.05, 4.69) is 145 Å². The number of hydrogen-bond donors (Lipinski definition) is 1. The number of hydrogen-bond acceptors (Lipinski definition) is 2. The predicted octanol–water partition coefficient (Wildman–Crippen LogP) is 8.88. The third-order valence-corrected chi connectivity index (χ3v) is 5.77. The summed E-state index contributed by atoms with van der Waals surface area (Å²) in [6.45, 7) is 2.18. The second-order valence-electron chi connectivity index (χ2n) is 8.02. The highest BCUT2D eigenvalue weighted by Crippen LogP contribution is 2.45. The van der Waals surface area contributed by atoms with Gasteiger partial charge in [0.1, 0.15) is 0 Å². The second kappa shape index (κ2) is 9.46. The maximum atomic E-state index is 3.76. The molecule has 0 amide bonds. The molecule has 0 heterocycles. The smallest absolute Gasteiger partial charge is 0.0711 e. The van der Waals surface area contributed by atoms with Gasteiger partial charge in [0.15, 0.2) is 0 Å². The van der Waals surface area contributed by atoms with Crippen molar-refractivity contribution in [2.45, 2.75) is 6.92 Å². The summed E-state index contributed by atoms with van der Waals surface area (Å²) < 4.78 is 0. The van der Waals surface area contributed by atoms with Gasteiger partial charge >= 0.3 is 0 Å². The zero-order valence-electron chi connectivity index (χ0n) is 18.6. The molecule has 33 heavy (non-hydrogen) atoms. The Bertz CT molecular complexity index is 1280. The summed E-state index contributed by atoms with van der Waals surface area (Å²) in [6.07, 6.45) is 0. The third kappa shape index (κ3) is 4.37. The average Bonchev–Trinajstić information content (AvgIpc) is 2.88. The molecule has 0 radical (unpaired) electrons. The lowest BCUT2D eigenvalue weighted by atomic mass is 9.96. The van der Waals surface area contributed by atoms with Gasteiger partial charge in [-0.25, -0.2) is 0 Å². The van der Waals surface area contributed by atoms with Gasteiger partial charge in [-0.05, 0) is 60.5 Å². The first-order chi connectivity index (χ1) is 16.3. The van der Waals surface area contributed by atoms with Crippen molar-refractivity contribution in [2.24, 2.45) is 0 Å². The van der Waals surface area contributed by atoms with E-state index in [-0.39, 0.29) is 0 Å². The van der Waals surface area contributed by atoms with Crippen LogP contribution in [-0.4, -0.2) is 0 Å². The van der Waals surface area contributed by atoms with E-state index in [9.17, 15) is 0 Å². The fraction of sp³-hybridized carbons (Fsp3) is 0.0323. The Morgan fingerprint density at radius 1 is 0.515 bits per heavy atom. The van der Waals surface area contributed by atoms with E-state index < -0.39 is 0 Å². The van der Waals surface area contributed by atoms with Gasteiger partial charge in [0, 0.05) is 22.6 Å². The standard InChI is InChI=1S/C31H26N2/c1-24-22-23-29(33(27-18-10-4-11-19-27)28-20-12-5-13-21-28)31(32-26-16-8-3-9-17-26)30(24)25-14-6-2-7-15-25/h2-23,32H,1H3. The summed E-state index contributed by atoms with van der Waals surface area (Å²) in [5.41, 5.74) is 9.09. The van der Waals surface area contributed by atoms with E-state index in [1.54, 1.807) is 0 Å². The Morgan fingerprint density at radius 3 is 1.55 bits per heavy atom. The molecule has 0 spiro atoms. The van der Waals surface area contributed by atoms with Crippen LogP contribution in [0.2, 0.25) is 0 Å². The normalized spacial score (nSPS) is 10.6. The van der Waals surface area contributed by atoms with E-state index in [0.717, 1.165) is 28.4 Å². The molecular formula is C31H26N2. The van der Waals surface area contributed by atoms with Gasteiger partial charge in [-0.2, -0.15) is 0 Å². The molecule has 0 saturated heterocycles. The lowest BCUT2D eigenvalue weighted by Gasteiger charge is -2.30. The molecule has 5 aromatic rings. The second-order valence-corrected chi connectivity index (χ2v) is 8.02. The first-order valence-corrected chi connectivity index (χ1v) is 11.2. The number of para-hydroxylation sites is 3. The van der Waals surface area contributed by atoms with Crippen LogP contribution in [0.4, 0.5) is 28.4 Å². The number of aryl methyl sites for hydroxylation is 1. The number of nitrogens with one attached hydrogen (secondary N) is 1. The van der Waals surface area contributed by atoms with Crippen molar-refractivity contribution in [1.29, 1.82) is 0 Å². The van der Waals surface area contributed by atoms with Crippen LogP contribution in [-0.2, 0) is 0 Å². The molecule has 0 saturated carbocycles. The van der Waals surface area contributed by atoms with Gasteiger partial charge in [-0.1, -0.05) is 91.0 Å². The fourth-order valence-corrected chi connectivity index (χ4v) is 4.23. The minimum Gasteiger partial charge on any atom is -0.353 e. The maximum absolute atomic E-state index is 3.76. The van der Waals surface area contributed by atoms with E-state index in [4.69, 9.17) is 0 Å². The Hall–Kier alpha value is -4.30. The van der Waals surface area contributed by atoms with Crippen LogP contribution in [0.1, 0.15) is 5.56 Å². The molecule has 0 aliphatic heterocycles. The van der Waals surface area contributed by atoms with Gasteiger partial charge in [-0.3, -0.25) is 0 Å². The van der Waals surface area contributed by atoms with Gasteiger partial charge in [-0.15, -0.1) is 0 Å². The first-order valence-electron chi connectivity index (χ1n) is 11.2. The van der Waals surface area contributed by atoms with Crippen molar-refractivity contribution < 1.29 is 0 Å². The largest absolute Gasteiger partial charge is 0.353 e. The Kier molecular flexibility index (Phi) is 5.90. The van der Waals surface area contributed by atoms with Crippen molar-refractivity contribution in [3.63, 3.8) is 0 Å². The van der Waals surface area contributed by atoms with E-state index in [1.807, 2.05) is 6.07 Å². The summed E-state index contributed by atoms with van der Waals surface area (Å²) in [4.78, 5) is 2.32. The zero-order chi connectivity index (χ0) is 22.5. The molecule has 1 N–H and O–H groups in total. The molecule has 0 aromatic heterocycles. The van der Waals surface area contributed by atoms with Gasteiger partial charge in [0.25, 0.3) is 0 Å². The minimum atomic E-state index is 1.06. The first kappa shape index (κ1) is 20.6. The van der Waals surface area contributed by atoms with Gasteiger partial charge in [0.05, 0.1) is 11.4 Å². The van der Waals surface area contributed by atoms with Crippen LogP contribution in [0.25, 0.3) is 11.1 Å². The summed E-state index contributed by atoms with van der Waals surface area (Å²) in [5.74, 6) is 0. The average molecular weight is 427 g/mol. The van der Waals surface area contributed by atoms with E-state index in [0.29, 0.717) is 0 Å². The molecule has 0 atom stereocenters. The van der Waals surface area contributed by atoms with Gasteiger partial charge in [0.2, 0.25) is 0 Å². The highest BCUT2D eigenvalue weighted by molar-refractivity contribution is 5.96. The molecule has 5 aromatic carbocycles. The lowest BCUT2D eigenvalue weighted by molar-refractivity contribution is 1.27. The monoisotopic (exact) mass is 426 g/mol. The van der Waals surface area contributed by atoms with E-state index >= 15 is 0 Å². The van der Waals surface area contributed by atoms with Crippen molar-refractivity contribution in [3.8, 4) is 11.1 Å². The summed E-state index contributed by atoms with van der Waals surface area (Å²) >= 11 is 0. The van der Waals surface area contributed by atoms with Crippen LogP contribution in [0.3, 0.4) is 0 Å². The molecule has 5 rings (SSSR count). The van der Waals surface area contributed by atoms with Crippen LogP contribution >= 0.6 is 0 Å². The molecule has 0 aliphatic carbocycles. The summed E-state index contributed by atoms with van der Waals surface area (Å²) in [6, 6.07) is 46.5. The maximum Gasteiger partial charge on any atom is 0.0711 e. The highest BCUT2D eigenvalue weighted by Gasteiger charge is 2.20. The number of anilines is 5. The van der Waals surface area contributed by atoms with Crippen LogP contribution < -0.4 is 10.2 Å². The molecule has 2 nitrogen and oxygen atoms in total. The van der Waals surface area contributed by atoms with Crippen molar-refractivity contribution in [1.82, 2.24) is 0 Å². The molecule has 0 aliphatic rings. The molecule has 0 unspecified atom stereocenters. The SMILES string of the molecule is Cc1ccc(N(c2ccccc2)c2ccccc2)c(Nc2ccccc2)c1-c1ccccc1. The third-order valence-electron chi connectivity index (χ3n) is 5.77. The summed E-state index contributed by atoms with van der Waals surface area (Å²) in [5, 5.41) is 3.76. The van der Waals surface area contributed by atoms with Crippen LogP contribution in [0.5, 0.6) is 0 Å². The van der Waals surface area contributed by atoms with Crippen molar-refractivity contribution in [3.05, 3.63) is 139 Å². The quantitative estimate of drug-likeness (QED) is 0.292. The highest BCUT2D eigenvalue weighted by atomic mass is 15.2. The Morgan fingerprint density at radius 2 is 1.00 bits per heavy atom. The topological polar surface area (TPSA) is 15.3 Å². The fourth-order valence-electron chi connectivity index (χ4n) is 4.23. The Labute approximate surface area is 195 Å². The molecular weight excluding hydrogens is 400 g/mol. The minimum absolute atomic E-state index is 1.06. The lowest BCUT2D eigenvalue weighted by Crippen LogP contribution is -2.13.